The first kappa shape index (κ1) is 14.9. The van der Waals surface area contributed by atoms with Crippen LogP contribution >= 0.6 is 0 Å². The predicted octanol–water partition coefficient (Wildman–Crippen LogP) is 1.23. The zero-order valence-corrected chi connectivity index (χ0v) is 11.4. The molecule has 1 rings (SSSR count). The molecule has 1 unspecified atom stereocenters. The Morgan fingerprint density at radius 3 is 2.42 bits per heavy atom. The second-order valence-corrected chi connectivity index (χ2v) is 6.19. The summed E-state index contributed by atoms with van der Waals surface area (Å²) in [5.41, 5.74) is 0.601. The molecule has 0 amide bonds. The van der Waals surface area contributed by atoms with Crippen molar-refractivity contribution < 1.29 is 13.2 Å². The van der Waals surface area contributed by atoms with Gasteiger partial charge in [-0.25, -0.2) is 8.42 Å². The van der Waals surface area contributed by atoms with Crippen molar-refractivity contribution >= 4 is 15.6 Å². The van der Waals surface area contributed by atoms with Gasteiger partial charge in [0, 0.05) is 6.26 Å². The topological polar surface area (TPSA) is 98.8 Å². The summed E-state index contributed by atoms with van der Waals surface area (Å²) in [7, 11) is -3.52. The molecule has 0 N–H and O–H groups in total. The SMILES string of the molecule is CC(=O)C(C#N)Cc1ccc(C#N)cc1S(C)(=O)=O. The van der Waals surface area contributed by atoms with Crippen LogP contribution in [0.15, 0.2) is 23.1 Å². The van der Waals surface area contributed by atoms with Gasteiger partial charge >= 0.3 is 0 Å². The standard InChI is InChI=1S/C13H12N2O3S/c1-9(16)12(8-15)6-11-4-3-10(7-14)5-13(11)19(2,17)18/h3-5,12H,6H2,1-2H3. The van der Waals surface area contributed by atoms with Crippen LogP contribution in [0.1, 0.15) is 18.1 Å². The molecule has 98 valence electrons. The van der Waals surface area contributed by atoms with Gasteiger partial charge in [-0.05, 0) is 31.0 Å². The fourth-order valence-corrected chi connectivity index (χ4v) is 2.61. The Balaban J connectivity index is 3.34. The van der Waals surface area contributed by atoms with E-state index < -0.39 is 15.8 Å². The Hall–Kier alpha value is -2.18. The maximum absolute atomic E-state index is 11.7. The average molecular weight is 276 g/mol. The number of ketones is 1. The van der Waals surface area contributed by atoms with Crippen molar-refractivity contribution in [3.05, 3.63) is 29.3 Å². The van der Waals surface area contributed by atoms with Gasteiger partial charge in [0.05, 0.1) is 22.6 Å². The lowest BCUT2D eigenvalue weighted by atomic mass is 9.97. The minimum atomic E-state index is -3.52. The summed E-state index contributed by atoms with van der Waals surface area (Å²) in [6, 6.07) is 7.92. The Morgan fingerprint density at radius 2 is 2.00 bits per heavy atom. The average Bonchev–Trinajstić information content (AvgIpc) is 2.34. The van der Waals surface area contributed by atoms with Crippen molar-refractivity contribution in [2.24, 2.45) is 5.92 Å². The Labute approximate surface area is 112 Å². The molecule has 0 saturated carbocycles. The van der Waals surface area contributed by atoms with Crippen LogP contribution in [-0.2, 0) is 21.1 Å². The van der Waals surface area contributed by atoms with E-state index in [1.54, 1.807) is 0 Å². The number of carbonyl (C=O) groups excluding carboxylic acids is 1. The molecule has 0 fully saturated rings. The van der Waals surface area contributed by atoms with E-state index in [9.17, 15) is 13.2 Å². The quantitative estimate of drug-likeness (QED) is 0.823. The zero-order chi connectivity index (χ0) is 14.6. The molecule has 0 aliphatic heterocycles. The van der Waals surface area contributed by atoms with Gasteiger partial charge in [0.15, 0.2) is 9.84 Å². The molecule has 0 spiro atoms. The molecule has 1 atom stereocenters. The van der Waals surface area contributed by atoms with Crippen LogP contribution in [0.4, 0.5) is 0 Å². The third-order valence-corrected chi connectivity index (χ3v) is 3.85. The van der Waals surface area contributed by atoms with E-state index in [0.29, 0.717) is 5.56 Å². The largest absolute Gasteiger partial charge is 0.299 e. The number of rotatable bonds is 4. The highest BCUT2D eigenvalue weighted by atomic mass is 32.2. The molecule has 1 aromatic rings. The minimum Gasteiger partial charge on any atom is -0.299 e. The molecular formula is C13H12N2O3S. The smallest absolute Gasteiger partial charge is 0.175 e. The van der Waals surface area contributed by atoms with Crippen LogP contribution < -0.4 is 0 Å². The number of benzene rings is 1. The molecule has 0 aliphatic rings. The van der Waals surface area contributed by atoms with Crippen LogP contribution in [0.5, 0.6) is 0 Å². The predicted molar refractivity (Wildman–Crippen MR) is 67.8 cm³/mol. The second-order valence-electron chi connectivity index (χ2n) is 4.20. The van der Waals surface area contributed by atoms with Gasteiger partial charge in [0.2, 0.25) is 0 Å². The molecule has 0 aromatic heterocycles. The number of hydrogen-bond donors (Lipinski definition) is 0. The molecule has 0 aliphatic carbocycles. The minimum absolute atomic E-state index is 0.00644. The fourth-order valence-electron chi connectivity index (χ4n) is 1.64. The van der Waals surface area contributed by atoms with Crippen LogP contribution in [0.3, 0.4) is 0 Å². The highest BCUT2D eigenvalue weighted by Crippen LogP contribution is 2.21. The van der Waals surface area contributed by atoms with Crippen molar-refractivity contribution in [1.29, 1.82) is 10.5 Å². The molecule has 0 heterocycles. The summed E-state index contributed by atoms with van der Waals surface area (Å²) >= 11 is 0. The molecular weight excluding hydrogens is 264 g/mol. The Kier molecular flexibility index (Phi) is 4.42. The Morgan fingerprint density at radius 1 is 1.37 bits per heavy atom. The molecule has 5 nitrogen and oxygen atoms in total. The van der Waals surface area contributed by atoms with Crippen LogP contribution in [0, 0.1) is 28.6 Å². The van der Waals surface area contributed by atoms with E-state index in [4.69, 9.17) is 10.5 Å². The summed E-state index contributed by atoms with van der Waals surface area (Å²) in [4.78, 5) is 11.2. The number of carbonyl (C=O) groups is 1. The lowest BCUT2D eigenvalue weighted by Crippen LogP contribution is -2.14. The lowest BCUT2D eigenvalue weighted by molar-refractivity contribution is -0.119. The highest BCUT2D eigenvalue weighted by Gasteiger charge is 2.20. The molecule has 0 radical (unpaired) electrons. The number of nitriles is 2. The van der Waals surface area contributed by atoms with E-state index in [2.05, 4.69) is 0 Å². The van der Waals surface area contributed by atoms with E-state index >= 15 is 0 Å². The van der Waals surface area contributed by atoms with E-state index in [0.717, 1.165) is 6.26 Å². The van der Waals surface area contributed by atoms with Gasteiger partial charge in [-0.1, -0.05) is 6.07 Å². The van der Waals surface area contributed by atoms with Gasteiger partial charge in [-0.3, -0.25) is 4.79 Å². The maximum Gasteiger partial charge on any atom is 0.175 e. The van der Waals surface area contributed by atoms with Gasteiger partial charge in [-0.15, -0.1) is 0 Å². The van der Waals surface area contributed by atoms with Crippen molar-refractivity contribution in [2.45, 2.75) is 18.2 Å². The summed E-state index contributed by atoms with van der Waals surface area (Å²) < 4.78 is 23.4. The summed E-state index contributed by atoms with van der Waals surface area (Å²) in [6.45, 7) is 1.29. The normalized spacial score (nSPS) is 12.2. The second kappa shape index (κ2) is 5.64. The first-order valence-corrected chi connectivity index (χ1v) is 7.32. The fraction of sp³-hybridized carbons (Fsp3) is 0.308. The van der Waals surface area contributed by atoms with E-state index in [1.807, 2.05) is 12.1 Å². The summed E-state index contributed by atoms with van der Waals surface area (Å²) in [5.74, 6) is -1.19. The van der Waals surface area contributed by atoms with Gasteiger partial charge in [0.25, 0.3) is 0 Å². The monoisotopic (exact) mass is 276 g/mol. The number of nitrogens with zero attached hydrogens (tertiary/aromatic N) is 2. The first-order chi connectivity index (χ1) is 8.79. The van der Waals surface area contributed by atoms with E-state index in [1.165, 1.54) is 25.1 Å². The highest BCUT2D eigenvalue weighted by molar-refractivity contribution is 7.90. The van der Waals surface area contributed by atoms with Crippen molar-refractivity contribution in [3.63, 3.8) is 0 Å². The Bertz CT molecular complexity index is 694. The number of sulfone groups is 1. The van der Waals surface area contributed by atoms with Gasteiger partial charge in [0.1, 0.15) is 11.7 Å². The molecule has 6 heteroatoms. The van der Waals surface area contributed by atoms with Crippen molar-refractivity contribution in [3.8, 4) is 12.1 Å². The summed E-state index contributed by atoms with van der Waals surface area (Å²) in [5, 5.41) is 17.7. The molecule has 0 bridgehead atoms. The van der Waals surface area contributed by atoms with Gasteiger partial charge in [-0.2, -0.15) is 10.5 Å². The van der Waals surface area contributed by atoms with Crippen LogP contribution in [0.2, 0.25) is 0 Å². The number of hydrogen-bond acceptors (Lipinski definition) is 5. The third-order valence-electron chi connectivity index (χ3n) is 2.67. The third kappa shape index (κ3) is 3.64. The molecule has 0 saturated heterocycles. The molecule has 1 aromatic carbocycles. The van der Waals surface area contributed by atoms with Gasteiger partial charge < -0.3 is 0 Å². The van der Waals surface area contributed by atoms with Crippen molar-refractivity contribution in [1.82, 2.24) is 0 Å². The number of Topliss-reactive ketones (excluding diaryl/α,β-unsaturated/α-hetero) is 1. The van der Waals surface area contributed by atoms with E-state index in [-0.39, 0.29) is 22.7 Å². The zero-order valence-electron chi connectivity index (χ0n) is 10.5. The maximum atomic E-state index is 11.7. The first-order valence-electron chi connectivity index (χ1n) is 5.42. The van der Waals surface area contributed by atoms with Crippen molar-refractivity contribution in [2.75, 3.05) is 6.26 Å². The van der Waals surface area contributed by atoms with Crippen LogP contribution in [0.25, 0.3) is 0 Å². The lowest BCUT2D eigenvalue weighted by Gasteiger charge is -2.10. The van der Waals surface area contributed by atoms with Crippen LogP contribution in [-0.4, -0.2) is 20.5 Å². The molecule has 19 heavy (non-hydrogen) atoms. The summed E-state index contributed by atoms with van der Waals surface area (Å²) in [6.07, 6.45) is 1.06.